The summed E-state index contributed by atoms with van der Waals surface area (Å²) in [6.07, 6.45) is -0.158. The number of nitro benzene ring substituents is 1. The highest BCUT2D eigenvalue weighted by Crippen LogP contribution is 2.22. The number of para-hydroxylation sites is 1. The highest BCUT2D eigenvalue weighted by Gasteiger charge is 2.16. The van der Waals surface area contributed by atoms with Crippen molar-refractivity contribution in [2.45, 2.75) is 6.42 Å². The molecule has 0 aliphatic carbocycles. The number of nitro groups is 1. The number of anilines is 1. The molecule has 24 heavy (non-hydrogen) atoms. The van der Waals surface area contributed by atoms with E-state index in [-0.39, 0.29) is 28.6 Å². The third kappa shape index (κ3) is 4.08. The van der Waals surface area contributed by atoms with Crippen LogP contribution >= 0.6 is 11.6 Å². The van der Waals surface area contributed by atoms with E-state index in [1.165, 1.54) is 37.4 Å². The Morgan fingerprint density at radius 3 is 2.58 bits per heavy atom. The van der Waals surface area contributed by atoms with E-state index in [0.29, 0.717) is 11.3 Å². The summed E-state index contributed by atoms with van der Waals surface area (Å²) in [6, 6.07) is 10.5. The Kier molecular flexibility index (Phi) is 5.49. The number of hydrogen-bond acceptors (Lipinski definition) is 4. The minimum atomic E-state index is -0.533. The maximum atomic E-state index is 12.1. The molecule has 0 saturated heterocycles. The minimum absolute atomic E-state index is 0.116. The van der Waals surface area contributed by atoms with Crippen molar-refractivity contribution in [3.8, 4) is 0 Å². The zero-order valence-corrected chi connectivity index (χ0v) is 13.5. The summed E-state index contributed by atoms with van der Waals surface area (Å²) in [7, 11) is 1.47. The van der Waals surface area contributed by atoms with Gasteiger partial charge in [-0.3, -0.25) is 19.7 Å². The molecule has 0 aliphatic heterocycles. The summed E-state index contributed by atoms with van der Waals surface area (Å²) >= 11 is 5.94. The second kappa shape index (κ2) is 7.56. The molecule has 2 amide bonds. The Balaban J connectivity index is 2.16. The summed E-state index contributed by atoms with van der Waals surface area (Å²) < 4.78 is 0. The highest BCUT2D eigenvalue weighted by atomic mass is 35.5. The molecule has 124 valence electrons. The lowest BCUT2D eigenvalue weighted by molar-refractivity contribution is -0.385. The zero-order valence-electron chi connectivity index (χ0n) is 12.7. The lowest BCUT2D eigenvalue weighted by Gasteiger charge is -2.09. The number of rotatable bonds is 5. The first-order valence-corrected chi connectivity index (χ1v) is 7.34. The number of carbonyl (C=O) groups is 2. The van der Waals surface area contributed by atoms with Crippen LogP contribution in [-0.4, -0.2) is 23.8 Å². The number of nitrogens with zero attached hydrogens (tertiary/aromatic N) is 1. The van der Waals surface area contributed by atoms with Gasteiger partial charge in [-0.2, -0.15) is 0 Å². The van der Waals surface area contributed by atoms with Crippen molar-refractivity contribution in [1.82, 2.24) is 5.32 Å². The van der Waals surface area contributed by atoms with Crippen LogP contribution in [0.2, 0.25) is 5.02 Å². The van der Waals surface area contributed by atoms with Crippen LogP contribution in [-0.2, 0) is 11.2 Å². The quantitative estimate of drug-likeness (QED) is 0.641. The van der Waals surface area contributed by atoms with E-state index in [2.05, 4.69) is 10.6 Å². The van der Waals surface area contributed by atoms with Crippen LogP contribution in [0.15, 0.2) is 42.5 Å². The molecular formula is C16H14ClN3O4. The van der Waals surface area contributed by atoms with E-state index in [9.17, 15) is 19.7 Å². The van der Waals surface area contributed by atoms with Crippen LogP contribution in [0.4, 0.5) is 11.4 Å². The van der Waals surface area contributed by atoms with E-state index in [4.69, 9.17) is 11.6 Å². The summed E-state index contributed by atoms with van der Waals surface area (Å²) in [5.74, 6) is -0.815. The molecule has 0 spiro atoms. The average Bonchev–Trinajstić information content (AvgIpc) is 2.56. The standard InChI is InChI=1S/C16H14ClN3O4/c1-18-16(22)12-9-11(6-7-13(12)17)19-15(21)8-10-4-2-3-5-14(10)20(23)24/h2-7,9H,8H2,1H3,(H,18,22)(H,19,21). The Morgan fingerprint density at radius 2 is 1.92 bits per heavy atom. The number of halogens is 1. The Bertz CT molecular complexity index is 808. The monoisotopic (exact) mass is 347 g/mol. The van der Waals surface area contributed by atoms with Gasteiger partial charge in [-0.05, 0) is 18.2 Å². The molecule has 0 bridgehead atoms. The molecule has 2 aromatic carbocycles. The van der Waals surface area contributed by atoms with Crippen LogP contribution < -0.4 is 10.6 Å². The Labute approximate surface area is 142 Å². The van der Waals surface area contributed by atoms with Gasteiger partial charge in [0.25, 0.3) is 11.6 Å². The lowest BCUT2D eigenvalue weighted by Crippen LogP contribution is -2.19. The van der Waals surface area contributed by atoms with Gasteiger partial charge in [-0.15, -0.1) is 0 Å². The van der Waals surface area contributed by atoms with Gasteiger partial charge < -0.3 is 10.6 Å². The van der Waals surface area contributed by atoms with E-state index in [1.807, 2.05) is 0 Å². The third-order valence-electron chi connectivity index (χ3n) is 3.26. The summed E-state index contributed by atoms with van der Waals surface area (Å²) in [5, 5.41) is 16.3. The molecule has 0 aromatic heterocycles. The number of nitrogens with one attached hydrogen (secondary N) is 2. The van der Waals surface area contributed by atoms with Crippen LogP contribution in [0.1, 0.15) is 15.9 Å². The minimum Gasteiger partial charge on any atom is -0.355 e. The van der Waals surface area contributed by atoms with Gasteiger partial charge in [0.1, 0.15) is 0 Å². The smallest absolute Gasteiger partial charge is 0.273 e. The molecule has 0 heterocycles. The van der Waals surface area contributed by atoms with Crippen molar-refractivity contribution >= 4 is 34.8 Å². The van der Waals surface area contributed by atoms with Gasteiger partial charge in [-0.25, -0.2) is 0 Å². The fourth-order valence-electron chi connectivity index (χ4n) is 2.13. The van der Waals surface area contributed by atoms with Crippen LogP contribution in [0, 0.1) is 10.1 Å². The van der Waals surface area contributed by atoms with Crippen LogP contribution in [0.25, 0.3) is 0 Å². The Morgan fingerprint density at radius 1 is 1.21 bits per heavy atom. The number of benzene rings is 2. The maximum Gasteiger partial charge on any atom is 0.273 e. The van der Waals surface area contributed by atoms with Gasteiger partial charge in [0.05, 0.1) is 21.9 Å². The molecule has 0 aliphatic rings. The van der Waals surface area contributed by atoms with Gasteiger partial charge in [0.2, 0.25) is 5.91 Å². The summed E-state index contributed by atoms with van der Waals surface area (Å²) in [6.45, 7) is 0. The first-order chi connectivity index (χ1) is 11.4. The molecule has 0 atom stereocenters. The largest absolute Gasteiger partial charge is 0.355 e. The van der Waals surface area contributed by atoms with Gasteiger partial charge in [0, 0.05) is 24.4 Å². The number of hydrogen-bond donors (Lipinski definition) is 2. The molecule has 0 fully saturated rings. The SMILES string of the molecule is CNC(=O)c1cc(NC(=O)Cc2ccccc2[N+](=O)[O-])ccc1Cl. The third-order valence-corrected chi connectivity index (χ3v) is 3.59. The second-order valence-corrected chi connectivity index (χ2v) is 5.29. The molecule has 8 heteroatoms. The lowest BCUT2D eigenvalue weighted by atomic mass is 10.1. The topological polar surface area (TPSA) is 101 Å². The summed E-state index contributed by atoms with van der Waals surface area (Å²) in [4.78, 5) is 34.3. The zero-order chi connectivity index (χ0) is 17.7. The highest BCUT2D eigenvalue weighted by molar-refractivity contribution is 6.34. The molecule has 7 nitrogen and oxygen atoms in total. The molecular weight excluding hydrogens is 334 g/mol. The van der Waals surface area contributed by atoms with Crippen molar-refractivity contribution in [3.05, 3.63) is 68.7 Å². The molecule has 0 saturated carbocycles. The Hall–Kier alpha value is -2.93. The van der Waals surface area contributed by atoms with E-state index >= 15 is 0 Å². The van der Waals surface area contributed by atoms with Crippen molar-refractivity contribution in [3.63, 3.8) is 0 Å². The van der Waals surface area contributed by atoms with Crippen LogP contribution in [0.5, 0.6) is 0 Å². The maximum absolute atomic E-state index is 12.1. The van der Waals surface area contributed by atoms with Crippen LogP contribution in [0.3, 0.4) is 0 Å². The van der Waals surface area contributed by atoms with Gasteiger partial charge in [-0.1, -0.05) is 29.8 Å². The van der Waals surface area contributed by atoms with Crippen molar-refractivity contribution in [2.75, 3.05) is 12.4 Å². The van der Waals surface area contributed by atoms with E-state index in [1.54, 1.807) is 12.1 Å². The predicted molar refractivity (Wildman–Crippen MR) is 90.3 cm³/mol. The predicted octanol–water partition coefficient (Wildman–Crippen LogP) is 2.79. The van der Waals surface area contributed by atoms with Gasteiger partial charge >= 0.3 is 0 Å². The van der Waals surface area contributed by atoms with E-state index in [0.717, 1.165) is 0 Å². The number of carbonyl (C=O) groups excluding carboxylic acids is 2. The molecule has 2 N–H and O–H groups in total. The summed E-state index contributed by atoms with van der Waals surface area (Å²) in [5.41, 5.74) is 0.791. The molecule has 0 radical (unpaired) electrons. The van der Waals surface area contributed by atoms with Crippen molar-refractivity contribution in [1.29, 1.82) is 0 Å². The first kappa shape index (κ1) is 17.4. The second-order valence-electron chi connectivity index (χ2n) is 4.88. The van der Waals surface area contributed by atoms with Crippen molar-refractivity contribution < 1.29 is 14.5 Å². The average molecular weight is 348 g/mol. The van der Waals surface area contributed by atoms with Crippen molar-refractivity contribution in [2.24, 2.45) is 0 Å². The molecule has 2 aromatic rings. The molecule has 2 rings (SSSR count). The normalized spacial score (nSPS) is 10.1. The fourth-order valence-corrected chi connectivity index (χ4v) is 2.33. The number of amides is 2. The first-order valence-electron chi connectivity index (χ1n) is 6.96. The van der Waals surface area contributed by atoms with Gasteiger partial charge in [0.15, 0.2) is 0 Å². The van der Waals surface area contributed by atoms with E-state index < -0.39 is 10.8 Å². The molecule has 0 unspecified atom stereocenters. The fraction of sp³-hybridized carbons (Fsp3) is 0.125.